The zero-order valence-corrected chi connectivity index (χ0v) is 17.3. The molecule has 3 rings (SSSR count). The van der Waals surface area contributed by atoms with Crippen molar-refractivity contribution in [1.82, 2.24) is 4.90 Å². The Kier molecular flexibility index (Phi) is 6.95. The molecule has 0 bridgehead atoms. The number of ether oxygens (including phenoxy) is 3. The summed E-state index contributed by atoms with van der Waals surface area (Å²) in [4.78, 5) is 14.5. The van der Waals surface area contributed by atoms with Crippen LogP contribution in [0, 0.1) is 0 Å². The molecule has 1 amide bonds. The quantitative estimate of drug-likeness (QED) is 0.362. The van der Waals surface area contributed by atoms with Gasteiger partial charge in [-0.1, -0.05) is 42.2 Å². The van der Waals surface area contributed by atoms with Gasteiger partial charge in [-0.05, 0) is 42.8 Å². The molecule has 7 heteroatoms. The number of likely N-dealkylation sites (N-methyl/N-ethyl adjacent to an activating group) is 1. The molecule has 28 heavy (non-hydrogen) atoms. The van der Waals surface area contributed by atoms with Crippen molar-refractivity contribution in [3.63, 3.8) is 0 Å². The van der Waals surface area contributed by atoms with Crippen LogP contribution in [0.2, 0.25) is 0 Å². The summed E-state index contributed by atoms with van der Waals surface area (Å²) < 4.78 is 17.2. The molecule has 0 spiro atoms. The van der Waals surface area contributed by atoms with E-state index in [1.807, 2.05) is 61.5 Å². The summed E-state index contributed by atoms with van der Waals surface area (Å²) in [6.45, 7) is 3.30. The predicted octanol–water partition coefficient (Wildman–Crippen LogP) is 4.37. The molecule has 0 N–H and O–H groups in total. The number of hydrogen-bond acceptors (Lipinski definition) is 6. The van der Waals surface area contributed by atoms with Gasteiger partial charge in [0.25, 0.3) is 5.91 Å². The van der Waals surface area contributed by atoms with Crippen LogP contribution in [0.15, 0.2) is 53.4 Å². The highest BCUT2D eigenvalue weighted by Gasteiger charge is 2.30. The minimum atomic E-state index is -0.0458. The van der Waals surface area contributed by atoms with Gasteiger partial charge in [-0.25, -0.2) is 0 Å². The third-order valence-electron chi connectivity index (χ3n) is 4.01. The van der Waals surface area contributed by atoms with Crippen molar-refractivity contribution in [1.29, 1.82) is 0 Å². The average molecular weight is 416 g/mol. The third kappa shape index (κ3) is 5.05. The summed E-state index contributed by atoms with van der Waals surface area (Å²) in [7, 11) is 1.62. The summed E-state index contributed by atoms with van der Waals surface area (Å²) >= 11 is 6.57. The molecule has 0 atom stereocenters. The number of carbonyl (C=O) groups excluding carboxylic acids is 1. The molecule has 1 saturated heterocycles. The summed E-state index contributed by atoms with van der Waals surface area (Å²) in [5.74, 6) is 2.15. The molecule has 0 saturated carbocycles. The predicted molar refractivity (Wildman–Crippen MR) is 116 cm³/mol. The van der Waals surface area contributed by atoms with Crippen LogP contribution in [-0.2, 0) is 4.79 Å². The van der Waals surface area contributed by atoms with Crippen molar-refractivity contribution >= 4 is 40.3 Å². The van der Waals surface area contributed by atoms with Gasteiger partial charge in [-0.2, -0.15) is 0 Å². The number of amides is 1. The molecule has 2 aromatic rings. The highest BCUT2D eigenvalue weighted by Crippen LogP contribution is 2.32. The van der Waals surface area contributed by atoms with E-state index in [1.165, 1.54) is 11.8 Å². The zero-order valence-electron chi connectivity index (χ0n) is 15.7. The van der Waals surface area contributed by atoms with Gasteiger partial charge in [0.05, 0.1) is 12.0 Å². The van der Waals surface area contributed by atoms with Gasteiger partial charge in [0.1, 0.15) is 34.8 Å². The Balaban J connectivity index is 1.56. The van der Waals surface area contributed by atoms with E-state index < -0.39 is 0 Å². The lowest BCUT2D eigenvalue weighted by molar-refractivity contribution is -0.121. The zero-order chi connectivity index (χ0) is 19.9. The highest BCUT2D eigenvalue weighted by molar-refractivity contribution is 8.26. The first kappa shape index (κ1) is 20.2. The van der Waals surface area contributed by atoms with Crippen molar-refractivity contribution < 1.29 is 19.0 Å². The lowest BCUT2D eigenvalue weighted by Crippen LogP contribution is -2.27. The number of thioether (sulfide) groups is 1. The molecular formula is C21H21NO4S2. The molecule has 0 aromatic heterocycles. The van der Waals surface area contributed by atoms with E-state index >= 15 is 0 Å². The van der Waals surface area contributed by atoms with E-state index in [-0.39, 0.29) is 5.91 Å². The molecule has 1 aliphatic heterocycles. The molecule has 2 aromatic carbocycles. The van der Waals surface area contributed by atoms with Gasteiger partial charge in [0.2, 0.25) is 0 Å². The lowest BCUT2D eigenvalue weighted by atomic mass is 10.2. The number of thiocarbonyl (C=S) groups is 1. The second-order valence-electron chi connectivity index (χ2n) is 5.87. The van der Waals surface area contributed by atoms with Crippen LogP contribution < -0.4 is 14.2 Å². The van der Waals surface area contributed by atoms with Gasteiger partial charge < -0.3 is 14.2 Å². The van der Waals surface area contributed by atoms with Gasteiger partial charge in [0, 0.05) is 12.6 Å². The van der Waals surface area contributed by atoms with E-state index in [9.17, 15) is 4.79 Å². The van der Waals surface area contributed by atoms with Crippen LogP contribution in [0.25, 0.3) is 6.08 Å². The smallest absolute Gasteiger partial charge is 0.266 e. The molecular weight excluding hydrogens is 394 g/mol. The number of methoxy groups -OCH3 is 1. The maximum Gasteiger partial charge on any atom is 0.266 e. The maximum absolute atomic E-state index is 12.3. The fourth-order valence-corrected chi connectivity index (χ4v) is 4.01. The second-order valence-corrected chi connectivity index (χ2v) is 7.55. The lowest BCUT2D eigenvalue weighted by Gasteiger charge is -2.10. The summed E-state index contributed by atoms with van der Waals surface area (Å²) in [5.41, 5.74) is 0.891. The normalized spacial score (nSPS) is 15.2. The molecule has 0 radical (unpaired) electrons. The molecule has 1 heterocycles. The van der Waals surface area contributed by atoms with Gasteiger partial charge in [-0.15, -0.1) is 0 Å². The van der Waals surface area contributed by atoms with Crippen LogP contribution in [0.3, 0.4) is 0 Å². The molecule has 146 valence electrons. The minimum absolute atomic E-state index is 0.0458. The van der Waals surface area contributed by atoms with Crippen molar-refractivity contribution in [2.45, 2.75) is 6.92 Å². The Morgan fingerprint density at radius 2 is 1.68 bits per heavy atom. The van der Waals surface area contributed by atoms with E-state index in [2.05, 4.69) is 0 Å². The molecule has 1 fully saturated rings. The fourth-order valence-electron chi connectivity index (χ4n) is 2.63. The number of carbonyl (C=O) groups is 1. The van der Waals surface area contributed by atoms with E-state index in [4.69, 9.17) is 26.4 Å². The van der Waals surface area contributed by atoms with Crippen LogP contribution >= 0.6 is 24.0 Å². The Labute approximate surface area is 174 Å². The van der Waals surface area contributed by atoms with Crippen molar-refractivity contribution in [2.75, 3.05) is 26.9 Å². The molecule has 1 aliphatic rings. The van der Waals surface area contributed by atoms with Crippen molar-refractivity contribution in [3.05, 3.63) is 59.0 Å². The van der Waals surface area contributed by atoms with Gasteiger partial charge in [-0.3, -0.25) is 9.69 Å². The molecule has 0 unspecified atom stereocenters. The summed E-state index contributed by atoms with van der Waals surface area (Å²) in [6, 6.07) is 15.0. The van der Waals surface area contributed by atoms with Gasteiger partial charge >= 0.3 is 0 Å². The largest absolute Gasteiger partial charge is 0.497 e. The Bertz CT molecular complexity index is 897. The highest BCUT2D eigenvalue weighted by atomic mass is 32.2. The minimum Gasteiger partial charge on any atom is -0.497 e. The summed E-state index contributed by atoms with van der Waals surface area (Å²) in [6.07, 6.45) is 1.84. The van der Waals surface area contributed by atoms with E-state index in [1.54, 1.807) is 12.0 Å². The van der Waals surface area contributed by atoms with Crippen LogP contribution in [0.1, 0.15) is 12.5 Å². The Morgan fingerprint density at radius 3 is 2.32 bits per heavy atom. The van der Waals surface area contributed by atoms with E-state index in [0.29, 0.717) is 34.7 Å². The number of benzene rings is 2. The standard InChI is InChI=1S/C21H21NO4S2/c1-3-22-20(23)19(28-21(22)27)13-15-6-4-8-17(12-15)25-10-11-26-18-9-5-7-16(14-18)24-2/h4-9,12-14H,3,10-11H2,1-2H3/b19-13-. The summed E-state index contributed by atoms with van der Waals surface area (Å²) in [5, 5.41) is 0. The average Bonchev–Trinajstić information content (AvgIpc) is 2.98. The van der Waals surface area contributed by atoms with Gasteiger partial charge in [0.15, 0.2) is 0 Å². The molecule has 0 aliphatic carbocycles. The first-order chi connectivity index (χ1) is 13.6. The fraction of sp³-hybridized carbons (Fsp3) is 0.238. The third-order valence-corrected chi connectivity index (χ3v) is 5.39. The van der Waals surface area contributed by atoms with Crippen LogP contribution in [0.4, 0.5) is 0 Å². The Hall–Kier alpha value is -2.51. The maximum atomic E-state index is 12.3. The number of nitrogens with zero attached hydrogens (tertiary/aromatic N) is 1. The van der Waals surface area contributed by atoms with Crippen molar-refractivity contribution in [2.24, 2.45) is 0 Å². The van der Waals surface area contributed by atoms with Crippen molar-refractivity contribution in [3.8, 4) is 17.2 Å². The monoisotopic (exact) mass is 415 g/mol. The first-order valence-electron chi connectivity index (χ1n) is 8.86. The number of rotatable bonds is 8. The van der Waals surface area contributed by atoms with Crippen LogP contribution in [0.5, 0.6) is 17.2 Å². The second kappa shape index (κ2) is 9.61. The number of hydrogen-bond donors (Lipinski definition) is 0. The van der Waals surface area contributed by atoms with E-state index in [0.717, 1.165) is 17.1 Å². The van der Waals surface area contributed by atoms with Crippen LogP contribution in [-0.4, -0.2) is 42.0 Å². The molecule has 5 nitrogen and oxygen atoms in total. The SMILES string of the molecule is CCN1C(=O)/C(=C/c2cccc(OCCOc3cccc(OC)c3)c2)SC1=S. The Morgan fingerprint density at radius 1 is 1.04 bits per heavy atom. The topological polar surface area (TPSA) is 48.0 Å². The first-order valence-corrected chi connectivity index (χ1v) is 10.1.